The molecular formula is C21H37N3O4. The van der Waals surface area contributed by atoms with Crippen LogP contribution in [0.25, 0.3) is 0 Å². The summed E-state index contributed by atoms with van der Waals surface area (Å²) < 4.78 is 11.4. The van der Waals surface area contributed by atoms with E-state index in [0.717, 1.165) is 25.9 Å². The zero-order valence-corrected chi connectivity index (χ0v) is 18.4. The highest BCUT2D eigenvalue weighted by Gasteiger charge is 2.37. The Labute approximate surface area is 169 Å². The van der Waals surface area contributed by atoms with E-state index in [1.807, 2.05) is 34.7 Å². The van der Waals surface area contributed by atoms with E-state index < -0.39 is 11.2 Å². The van der Waals surface area contributed by atoms with Crippen LogP contribution in [-0.4, -0.2) is 83.9 Å². The lowest BCUT2D eigenvalue weighted by Crippen LogP contribution is -2.55. The Morgan fingerprint density at radius 3 is 2.32 bits per heavy atom. The molecule has 1 saturated heterocycles. The first-order valence-electron chi connectivity index (χ1n) is 10.2. The van der Waals surface area contributed by atoms with Crippen molar-refractivity contribution in [3.8, 4) is 0 Å². The number of carbonyl (C=O) groups excluding carboxylic acids is 2. The van der Waals surface area contributed by atoms with Gasteiger partial charge in [-0.3, -0.25) is 0 Å². The normalized spacial score (nSPS) is 22.9. The summed E-state index contributed by atoms with van der Waals surface area (Å²) in [4.78, 5) is 31.1. The van der Waals surface area contributed by atoms with Gasteiger partial charge in [-0.15, -0.1) is 0 Å². The number of carbonyl (C=O) groups is 2. The van der Waals surface area contributed by atoms with E-state index in [0.29, 0.717) is 19.0 Å². The average molecular weight is 396 g/mol. The fraction of sp³-hybridized carbons (Fsp3) is 0.810. The van der Waals surface area contributed by atoms with Gasteiger partial charge in [-0.25, -0.2) is 9.59 Å². The maximum atomic E-state index is 12.8. The van der Waals surface area contributed by atoms with Gasteiger partial charge in [0.05, 0.1) is 6.54 Å². The van der Waals surface area contributed by atoms with Crippen molar-refractivity contribution in [2.75, 3.05) is 39.8 Å². The number of amides is 2. The summed E-state index contributed by atoms with van der Waals surface area (Å²) in [5, 5.41) is 0. The standard InChI is InChI=1S/C21H37N3O4/c1-8-21(6,28-19(26)24-12-11-22(7)13-16(24)2)15-23(14-17-9-10-17)18(25)27-20(3,4)5/h8,16-17H,1,9-15H2,2-7H3/t16-,21?/m1/s1. The molecule has 7 heteroatoms. The summed E-state index contributed by atoms with van der Waals surface area (Å²) in [5.41, 5.74) is -1.55. The van der Waals surface area contributed by atoms with Gasteiger partial charge in [0.25, 0.3) is 0 Å². The molecule has 2 rings (SSSR count). The monoisotopic (exact) mass is 395 g/mol. The minimum absolute atomic E-state index is 0.0775. The van der Waals surface area contributed by atoms with Crippen LogP contribution in [0.2, 0.25) is 0 Å². The number of likely N-dealkylation sites (N-methyl/N-ethyl adjacent to an activating group) is 1. The Morgan fingerprint density at radius 2 is 1.82 bits per heavy atom. The van der Waals surface area contributed by atoms with Crippen LogP contribution >= 0.6 is 0 Å². The van der Waals surface area contributed by atoms with Crippen molar-refractivity contribution in [1.29, 1.82) is 0 Å². The Hall–Kier alpha value is -1.76. The van der Waals surface area contributed by atoms with Gasteiger partial charge in [0.2, 0.25) is 0 Å². The van der Waals surface area contributed by atoms with Crippen molar-refractivity contribution in [2.45, 2.75) is 64.7 Å². The first-order valence-corrected chi connectivity index (χ1v) is 10.2. The second-order valence-electron chi connectivity index (χ2n) is 9.49. The molecule has 1 aliphatic heterocycles. The molecular weight excluding hydrogens is 358 g/mol. The maximum absolute atomic E-state index is 12.8. The molecule has 28 heavy (non-hydrogen) atoms. The molecule has 1 saturated carbocycles. The summed E-state index contributed by atoms with van der Waals surface area (Å²) in [7, 11) is 2.05. The third-order valence-corrected chi connectivity index (χ3v) is 5.15. The van der Waals surface area contributed by atoms with Gasteiger partial charge in [-0.1, -0.05) is 6.58 Å². The minimum Gasteiger partial charge on any atom is -0.444 e. The van der Waals surface area contributed by atoms with Gasteiger partial charge in [0.1, 0.15) is 11.2 Å². The van der Waals surface area contributed by atoms with Crippen molar-refractivity contribution >= 4 is 12.2 Å². The van der Waals surface area contributed by atoms with Gasteiger partial charge < -0.3 is 24.2 Å². The quantitative estimate of drug-likeness (QED) is 0.646. The van der Waals surface area contributed by atoms with Crippen LogP contribution < -0.4 is 0 Å². The predicted octanol–water partition coefficient (Wildman–Crippen LogP) is 3.35. The Balaban J connectivity index is 2.05. The largest absolute Gasteiger partial charge is 0.444 e. The molecule has 0 spiro atoms. The van der Waals surface area contributed by atoms with E-state index in [4.69, 9.17) is 9.47 Å². The number of ether oxygens (including phenoxy) is 2. The van der Waals surface area contributed by atoms with Crippen molar-refractivity contribution in [2.24, 2.45) is 5.92 Å². The van der Waals surface area contributed by atoms with Crippen molar-refractivity contribution < 1.29 is 19.1 Å². The highest BCUT2D eigenvalue weighted by molar-refractivity contribution is 5.70. The van der Waals surface area contributed by atoms with Crippen LogP contribution in [0.3, 0.4) is 0 Å². The fourth-order valence-corrected chi connectivity index (χ4v) is 3.33. The molecule has 0 N–H and O–H groups in total. The smallest absolute Gasteiger partial charge is 0.411 e. The number of hydrogen-bond donors (Lipinski definition) is 0. The second-order valence-corrected chi connectivity index (χ2v) is 9.49. The molecule has 160 valence electrons. The molecule has 0 aromatic rings. The van der Waals surface area contributed by atoms with Gasteiger partial charge in [-0.05, 0) is 66.5 Å². The lowest BCUT2D eigenvalue weighted by Gasteiger charge is -2.40. The molecule has 0 bridgehead atoms. The van der Waals surface area contributed by atoms with E-state index in [1.165, 1.54) is 0 Å². The van der Waals surface area contributed by atoms with E-state index in [1.54, 1.807) is 22.8 Å². The van der Waals surface area contributed by atoms with Crippen molar-refractivity contribution in [1.82, 2.24) is 14.7 Å². The molecule has 1 aliphatic carbocycles. The molecule has 2 fully saturated rings. The summed E-state index contributed by atoms with van der Waals surface area (Å²) in [6, 6.07) is 0.0775. The molecule has 2 amide bonds. The number of nitrogens with zero attached hydrogens (tertiary/aromatic N) is 3. The first-order chi connectivity index (χ1) is 12.9. The lowest BCUT2D eigenvalue weighted by molar-refractivity contribution is -0.0195. The predicted molar refractivity (Wildman–Crippen MR) is 109 cm³/mol. The Bertz CT molecular complexity index is 585. The number of piperazine rings is 1. The summed E-state index contributed by atoms with van der Waals surface area (Å²) in [5.74, 6) is 0.495. The zero-order chi connectivity index (χ0) is 21.1. The van der Waals surface area contributed by atoms with Crippen molar-refractivity contribution in [3.63, 3.8) is 0 Å². The van der Waals surface area contributed by atoms with Crippen LogP contribution in [0.4, 0.5) is 9.59 Å². The summed E-state index contributed by atoms with van der Waals surface area (Å²) in [6.07, 6.45) is 3.09. The maximum Gasteiger partial charge on any atom is 0.411 e. The highest BCUT2D eigenvalue weighted by atomic mass is 16.6. The third kappa shape index (κ3) is 6.69. The molecule has 2 atom stereocenters. The van der Waals surface area contributed by atoms with Gasteiger partial charge in [0, 0.05) is 32.2 Å². The fourth-order valence-electron chi connectivity index (χ4n) is 3.33. The van der Waals surface area contributed by atoms with Crippen LogP contribution in [0.1, 0.15) is 47.5 Å². The van der Waals surface area contributed by atoms with Gasteiger partial charge in [-0.2, -0.15) is 0 Å². The molecule has 7 nitrogen and oxygen atoms in total. The first kappa shape index (κ1) is 22.5. The topological polar surface area (TPSA) is 62.3 Å². The Kier molecular flexibility index (Phi) is 7.02. The highest BCUT2D eigenvalue weighted by Crippen LogP contribution is 2.31. The summed E-state index contributed by atoms with van der Waals surface area (Å²) in [6.45, 7) is 16.3. The van der Waals surface area contributed by atoms with Crippen molar-refractivity contribution in [3.05, 3.63) is 12.7 Å². The van der Waals surface area contributed by atoms with Crippen LogP contribution in [0.5, 0.6) is 0 Å². The number of rotatable bonds is 6. The lowest BCUT2D eigenvalue weighted by atomic mass is 10.1. The van der Waals surface area contributed by atoms with E-state index in [-0.39, 0.29) is 24.8 Å². The molecule has 0 radical (unpaired) electrons. The van der Waals surface area contributed by atoms with E-state index in [2.05, 4.69) is 11.5 Å². The zero-order valence-electron chi connectivity index (χ0n) is 18.4. The molecule has 1 heterocycles. The molecule has 0 aromatic heterocycles. The third-order valence-electron chi connectivity index (χ3n) is 5.15. The number of hydrogen-bond acceptors (Lipinski definition) is 5. The molecule has 1 unspecified atom stereocenters. The van der Waals surface area contributed by atoms with Crippen LogP contribution in [-0.2, 0) is 9.47 Å². The SMILES string of the molecule is C=CC(C)(CN(CC1CC1)C(=O)OC(C)(C)C)OC(=O)N1CCN(C)C[C@H]1C. The van der Waals surface area contributed by atoms with Gasteiger partial charge in [0.15, 0.2) is 0 Å². The van der Waals surface area contributed by atoms with Gasteiger partial charge >= 0.3 is 12.2 Å². The van der Waals surface area contributed by atoms with E-state index in [9.17, 15) is 9.59 Å². The van der Waals surface area contributed by atoms with Crippen LogP contribution in [0, 0.1) is 5.92 Å². The van der Waals surface area contributed by atoms with E-state index >= 15 is 0 Å². The summed E-state index contributed by atoms with van der Waals surface area (Å²) >= 11 is 0. The minimum atomic E-state index is -0.980. The molecule has 0 aromatic carbocycles. The second kappa shape index (κ2) is 8.72. The average Bonchev–Trinajstić information content (AvgIpc) is 3.36. The Morgan fingerprint density at radius 1 is 1.18 bits per heavy atom. The van der Waals surface area contributed by atoms with Crippen LogP contribution in [0.15, 0.2) is 12.7 Å². The molecule has 2 aliphatic rings.